The van der Waals surface area contributed by atoms with Gasteiger partial charge in [0.15, 0.2) is 5.78 Å². The van der Waals surface area contributed by atoms with Gasteiger partial charge in [0, 0.05) is 12.0 Å². The highest BCUT2D eigenvalue weighted by Crippen LogP contribution is 2.13. The standard InChI is InChI=1S/C14H16O4/c1-9-3-4-10(2)12(7-9)13(16)8-11(15)5-6-14(17)18/h3-4,7H,5-6,8H2,1-2H3,(H,17,18). The number of carbonyl (C=O) groups is 3. The Balaban J connectivity index is 2.68. The molecule has 0 bridgehead atoms. The van der Waals surface area contributed by atoms with E-state index in [1.54, 1.807) is 6.07 Å². The molecule has 0 saturated heterocycles. The first kappa shape index (κ1) is 14.1. The fraction of sp³-hybridized carbons (Fsp3) is 0.357. The summed E-state index contributed by atoms with van der Waals surface area (Å²) in [6.07, 6.45) is -0.539. The van der Waals surface area contributed by atoms with Crippen LogP contribution in [-0.4, -0.2) is 22.6 Å². The van der Waals surface area contributed by atoms with E-state index in [0.717, 1.165) is 11.1 Å². The van der Waals surface area contributed by atoms with Crippen LogP contribution in [0.15, 0.2) is 18.2 Å². The number of carboxylic acid groups (broad SMARTS) is 1. The van der Waals surface area contributed by atoms with Gasteiger partial charge in [0.25, 0.3) is 0 Å². The molecular formula is C14H16O4. The van der Waals surface area contributed by atoms with Crippen molar-refractivity contribution >= 4 is 17.5 Å². The summed E-state index contributed by atoms with van der Waals surface area (Å²) in [4.78, 5) is 33.7. The van der Waals surface area contributed by atoms with Crippen LogP contribution in [0, 0.1) is 13.8 Å². The van der Waals surface area contributed by atoms with Crippen LogP contribution >= 0.6 is 0 Å². The van der Waals surface area contributed by atoms with E-state index in [1.165, 1.54) is 0 Å². The van der Waals surface area contributed by atoms with E-state index in [2.05, 4.69) is 0 Å². The predicted octanol–water partition coefficient (Wildman–Crippen LogP) is 2.31. The molecule has 1 N–H and O–H groups in total. The van der Waals surface area contributed by atoms with E-state index in [-0.39, 0.29) is 30.8 Å². The maximum absolute atomic E-state index is 11.9. The molecule has 0 spiro atoms. The van der Waals surface area contributed by atoms with Crippen molar-refractivity contribution < 1.29 is 19.5 Å². The molecule has 0 aliphatic heterocycles. The third-order valence-electron chi connectivity index (χ3n) is 2.67. The summed E-state index contributed by atoms with van der Waals surface area (Å²) in [5, 5.41) is 8.46. The lowest BCUT2D eigenvalue weighted by Gasteiger charge is -2.05. The first-order chi connectivity index (χ1) is 8.40. The lowest BCUT2D eigenvalue weighted by atomic mass is 9.98. The molecule has 0 aliphatic carbocycles. The van der Waals surface area contributed by atoms with Gasteiger partial charge in [-0.3, -0.25) is 14.4 Å². The summed E-state index contributed by atoms with van der Waals surface area (Å²) in [6, 6.07) is 5.49. The van der Waals surface area contributed by atoms with E-state index in [0.29, 0.717) is 5.56 Å². The molecule has 0 saturated carbocycles. The van der Waals surface area contributed by atoms with Crippen LogP contribution in [0.5, 0.6) is 0 Å². The summed E-state index contributed by atoms with van der Waals surface area (Å²) in [5.74, 6) is -1.60. The number of Topliss-reactive ketones (excluding diaryl/α,β-unsaturated/α-hetero) is 2. The van der Waals surface area contributed by atoms with Crippen molar-refractivity contribution in [2.75, 3.05) is 0 Å². The number of aryl methyl sites for hydroxylation is 2. The van der Waals surface area contributed by atoms with Crippen molar-refractivity contribution in [3.05, 3.63) is 34.9 Å². The van der Waals surface area contributed by atoms with Crippen molar-refractivity contribution in [3.63, 3.8) is 0 Å². The molecule has 0 fully saturated rings. The third-order valence-corrected chi connectivity index (χ3v) is 2.67. The number of rotatable bonds is 6. The number of benzene rings is 1. The van der Waals surface area contributed by atoms with Gasteiger partial charge in [-0.05, 0) is 25.5 Å². The fourth-order valence-corrected chi connectivity index (χ4v) is 1.65. The van der Waals surface area contributed by atoms with Gasteiger partial charge >= 0.3 is 5.97 Å². The molecule has 0 aromatic heterocycles. The van der Waals surface area contributed by atoms with Gasteiger partial charge in [-0.25, -0.2) is 0 Å². The maximum atomic E-state index is 11.9. The highest BCUT2D eigenvalue weighted by molar-refractivity contribution is 6.09. The molecule has 1 aromatic carbocycles. The number of hydrogen-bond acceptors (Lipinski definition) is 3. The van der Waals surface area contributed by atoms with Gasteiger partial charge < -0.3 is 5.11 Å². The zero-order chi connectivity index (χ0) is 13.7. The molecule has 0 atom stereocenters. The van der Waals surface area contributed by atoms with Crippen LogP contribution in [0.2, 0.25) is 0 Å². The number of carbonyl (C=O) groups excluding carboxylic acids is 2. The molecule has 0 heterocycles. The van der Waals surface area contributed by atoms with Gasteiger partial charge in [-0.15, -0.1) is 0 Å². The minimum Gasteiger partial charge on any atom is -0.481 e. The Bertz CT molecular complexity index is 489. The summed E-state index contributed by atoms with van der Waals surface area (Å²) < 4.78 is 0. The summed E-state index contributed by atoms with van der Waals surface area (Å²) in [5.41, 5.74) is 2.33. The SMILES string of the molecule is Cc1ccc(C)c(C(=O)CC(=O)CCC(=O)O)c1. The lowest BCUT2D eigenvalue weighted by molar-refractivity contribution is -0.138. The maximum Gasteiger partial charge on any atom is 0.303 e. The quantitative estimate of drug-likeness (QED) is 0.619. The van der Waals surface area contributed by atoms with E-state index >= 15 is 0 Å². The third kappa shape index (κ3) is 4.13. The van der Waals surface area contributed by atoms with E-state index in [4.69, 9.17) is 5.11 Å². The summed E-state index contributed by atoms with van der Waals surface area (Å²) in [6.45, 7) is 3.69. The average Bonchev–Trinajstić information content (AvgIpc) is 2.29. The Labute approximate surface area is 106 Å². The molecule has 1 rings (SSSR count). The van der Waals surface area contributed by atoms with Crippen molar-refractivity contribution in [2.45, 2.75) is 33.1 Å². The predicted molar refractivity (Wildman–Crippen MR) is 66.7 cm³/mol. The van der Waals surface area contributed by atoms with Gasteiger partial charge in [-0.1, -0.05) is 17.7 Å². The second-order valence-corrected chi connectivity index (χ2v) is 4.35. The van der Waals surface area contributed by atoms with E-state index in [1.807, 2.05) is 26.0 Å². The van der Waals surface area contributed by atoms with Crippen molar-refractivity contribution in [2.24, 2.45) is 0 Å². The van der Waals surface area contributed by atoms with Gasteiger partial charge in [0.1, 0.15) is 5.78 Å². The summed E-state index contributed by atoms with van der Waals surface area (Å²) in [7, 11) is 0. The van der Waals surface area contributed by atoms with Crippen LogP contribution in [0.4, 0.5) is 0 Å². The van der Waals surface area contributed by atoms with E-state index < -0.39 is 5.97 Å². The molecule has 0 aliphatic rings. The molecule has 4 nitrogen and oxygen atoms in total. The molecular weight excluding hydrogens is 232 g/mol. The molecule has 1 aromatic rings. The zero-order valence-corrected chi connectivity index (χ0v) is 10.5. The fourth-order valence-electron chi connectivity index (χ4n) is 1.65. The highest BCUT2D eigenvalue weighted by Gasteiger charge is 2.14. The Morgan fingerprint density at radius 1 is 1.11 bits per heavy atom. The molecule has 4 heteroatoms. The number of ketones is 2. The number of carboxylic acids is 1. The van der Waals surface area contributed by atoms with Crippen LogP contribution in [0.1, 0.15) is 40.7 Å². The first-order valence-corrected chi connectivity index (χ1v) is 5.74. The monoisotopic (exact) mass is 248 g/mol. The second kappa shape index (κ2) is 6.10. The van der Waals surface area contributed by atoms with Crippen LogP contribution < -0.4 is 0 Å². The molecule has 18 heavy (non-hydrogen) atoms. The van der Waals surface area contributed by atoms with Crippen LogP contribution in [-0.2, 0) is 9.59 Å². The zero-order valence-electron chi connectivity index (χ0n) is 10.5. The van der Waals surface area contributed by atoms with Crippen LogP contribution in [0.25, 0.3) is 0 Å². The largest absolute Gasteiger partial charge is 0.481 e. The van der Waals surface area contributed by atoms with Crippen molar-refractivity contribution in [1.29, 1.82) is 0 Å². The average molecular weight is 248 g/mol. The summed E-state index contributed by atoms with van der Waals surface area (Å²) >= 11 is 0. The minimum absolute atomic E-state index is 0.0913. The Morgan fingerprint density at radius 3 is 2.39 bits per heavy atom. The Kier molecular flexibility index (Phi) is 4.77. The van der Waals surface area contributed by atoms with Crippen molar-refractivity contribution in [1.82, 2.24) is 0 Å². The molecule has 96 valence electrons. The van der Waals surface area contributed by atoms with Crippen LogP contribution in [0.3, 0.4) is 0 Å². The second-order valence-electron chi connectivity index (χ2n) is 4.35. The minimum atomic E-state index is -1.03. The Morgan fingerprint density at radius 2 is 1.78 bits per heavy atom. The van der Waals surface area contributed by atoms with Gasteiger partial charge in [0.05, 0.1) is 12.8 Å². The smallest absolute Gasteiger partial charge is 0.303 e. The topological polar surface area (TPSA) is 71.4 Å². The lowest BCUT2D eigenvalue weighted by Crippen LogP contribution is -2.11. The number of aliphatic carboxylic acids is 1. The highest BCUT2D eigenvalue weighted by atomic mass is 16.4. The van der Waals surface area contributed by atoms with Gasteiger partial charge in [-0.2, -0.15) is 0 Å². The number of hydrogen-bond donors (Lipinski definition) is 1. The molecule has 0 amide bonds. The Hall–Kier alpha value is -1.97. The first-order valence-electron chi connectivity index (χ1n) is 5.74. The van der Waals surface area contributed by atoms with E-state index in [9.17, 15) is 14.4 Å². The molecule has 0 unspecified atom stereocenters. The normalized spacial score (nSPS) is 10.1. The van der Waals surface area contributed by atoms with Gasteiger partial charge in [0.2, 0.25) is 0 Å². The molecule has 0 radical (unpaired) electrons. The van der Waals surface area contributed by atoms with Crippen molar-refractivity contribution in [3.8, 4) is 0 Å².